The van der Waals surface area contributed by atoms with Crippen LogP contribution in [0.3, 0.4) is 0 Å². The van der Waals surface area contributed by atoms with Crippen LogP contribution in [0.4, 0.5) is 0 Å². The largest absolute Gasteiger partial charge is 0.355 e. The lowest BCUT2D eigenvalue weighted by atomic mass is 10.1. The van der Waals surface area contributed by atoms with Crippen molar-refractivity contribution in [3.05, 3.63) is 24.3 Å². The maximum Gasteiger partial charge on any atom is 0.146 e. The Labute approximate surface area is 145 Å². The summed E-state index contributed by atoms with van der Waals surface area (Å²) in [6.07, 6.45) is 23.9. The second-order valence-electron chi connectivity index (χ2n) is 6.20. The molecule has 0 aromatic carbocycles. The van der Waals surface area contributed by atoms with E-state index in [9.17, 15) is 0 Å². The molecule has 0 aliphatic heterocycles. The second kappa shape index (κ2) is 21.4. The minimum atomic E-state index is 0.463. The van der Waals surface area contributed by atoms with Crippen LogP contribution in [0.25, 0.3) is 0 Å². The topological polar surface area (TPSA) is 18.5 Å². The predicted molar refractivity (Wildman–Crippen MR) is 102 cm³/mol. The van der Waals surface area contributed by atoms with E-state index in [4.69, 9.17) is 9.47 Å². The molecule has 136 valence electrons. The van der Waals surface area contributed by atoms with Gasteiger partial charge in [-0.25, -0.2) is 0 Å². The molecule has 0 amide bonds. The molecule has 0 aliphatic carbocycles. The normalized spacial score (nSPS) is 11.9. The number of hydrogen-bond donors (Lipinski definition) is 0. The van der Waals surface area contributed by atoms with Gasteiger partial charge in [0.2, 0.25) is 0 Å². The van der Waals surface area contributed by atoms with Crippen LogP contribution in [-0.2, 0) is 9.47 Å². The summed E-state index contributed by atoms with van der Waals surface area (Å²) in [6, 6.07) is 0. The molecule has 2 nitrogen and oxygen atoms in total. The van der Waals surface area contributed by atoms with Gasteiger partial charge >= 0.3 is 0 Å². The maximum absolute atomic E-state index is 5.49. The van der Waals surface area contributed by atoms with Crippen molar-refractivity contribution >= 4 is 0 Å². The summed E-state index contributed by atoms with van der Waals surface area (Å²) in [6.45, 7) is 6.61. The van der Waals surface area contributed by atoms with E-state index in [0.29, 0.717) is 6.79 Å². The lowest BCUT2D eigenvalue weighted by molar-refractivity contribution is -0.0554. The van der Waals surface area contributed by atoms with Crippen molar-refractivity contribution in [3.8, 4) is 0 Å². The highest BCUT2D eigenvalue weighted by Gasteiger charge is 1.92. The molecular formula is C21H40O2. The van der Waals surface area contributed by atoms with Crippen molar-refractivity contribution in [2.45, 2.75) is 90.9 Å². The van der Waals surface area contributed by atoms with Crippen LogP contribution in [0.2, 0.25) is 0 Å². The summed E-state index contributed by atoms with van der Waals surface area (Å²) in [5.41, 5.74) is 0. The zero-order chi connectivity index (χ0) is 16.8. The Bertz CT molecular complexity index is 259. The van der Waals surface area contributed by atoms with Crippen LogP contribution in [0.15, 0.2) is 24.3 Å². The Kier molecular flexibility index (Phi) is 20.8. The first-order valence-electron chi connectivity index (χ1n) is 9.89. The van der Waals surface area contributed by atoms with E-state index in [1.807, 2.05) is 0 Å². The lowest BCUT2D eigenvalue weighted by Crippen LogP contribution is -2.02. The van der Waals surface area contributed by atoms with Gasteiger partial charge < -0.3 is 9.47 Å². The summed E-state index contributed by atoms with van der Waals surface area (Å²) in [4.78, 5) is 0. The minimum Gasteiger partial charge on any atom is -0.355 e. The molecular weight excluding hydrogens is 284 g/mol. The highest BCUT2D eigenvalue weighted by molar-refractivity contribution is 5.02. The molecule has 23 heavy (non-hydrogen) atoms. The number of unbranched alkanes of at least 4 members (excludes halogenated alkanes) is 9. The molecule has 0 bridgehead atoms. The van der Waals surface area contributed by atoms with Crippen LogP contribution in [0.1, 0.15) is 90.9 Å². The molecule has 0 radical (unpaired) electrons. The van der Waals surface area contributed by atoms with Gasteiger partial charge in [-0.05, 0) is 32.1 Å². The van der Waals surface area contributed by atoms with Gasteiger partial charge in [0.15, 0.2) is 0 Å². The van der Waals surface area contributed by atoms with E-state index < -0.39 is 0 Å². The molecule has 0 aliphatic rings. The van der Waals surface area contributed by atoms with Crippen LogP contribution in [-0.4, -0.2) is 20.0 Å². The molecule has 0 atom stereocenters. The van der Waals surface area contributed by atoms with E-state index in [-0.39, 0.29) is 0 Å². The number of allylic oxidation sites excluding steroid dienone is 4. The fourth-order valence-corrected chi connectivity index (χ4v) is 2.30. The third-order valence-electron chi connectivity index (χ3n) is 3.83. The number of rotatable bonds is 18. The summed E-state index contributed by atoms with van der Waals surface area (Å²) in [5, 5.41) is 0. The SMILES string of the molecule is CCCC/C=C\C=C\CCCCOCOCCCCCCCC. The molecule has 0 fully saturated rings. The summed E-state index contributed by atoms with van der Waals surface area (Å²) in [5.74, 6) is 0. The highest BCUT2D eigenvalue weighted by Crippen LogP contribution is 2.05. The molecule has 0 aromatic heterocycles. The van der Waals surface area contributed by atoms with Gasteiger partial charge in [-0.2, -0.15) is 0 Å². The Balaban J connectivity index is 3.07. The number of hydrogen-bond acceptors (Lipinski definition) is 2. The molecule has 0 rings (SSSR count). The Hall–Kier alpha value is -0.600. The third kappa shape index (κ3) is 21.4. The average molecular weight is 325 g/mol. The summed E-state index contributed by atoms with van der Waals surface area (Å²) >= 11 is 0. The van der Waals surface area contributed by atoms with Crippen LogP contribution < -0.4 is 0 Å². The van der Waals surface area contributed by atoms with Gasteiger partial charge in [-0.15, -0.1) is 0 Å². The Morgan fingerprint density at radius 3 is 1.74 bits per heavy atom. The van der Waals surface area contributed by atoms with Crippen LogP contribution in [0, 0.1) is 0 Å². The Morgan fingerprint density at radius 1 is 0.565 bits per heavy atom. The van der Waals surface area contributed by atoms with Crippen molar-refractivity contribution in [3.63, 3.8) is 0 Å². The van der Waals surface area contributed by atoms with Crippen molar-refractivity contribution in [1.82, 2.24) is 0 Å². The first-order chi connectivity index (χ1) is 11.4. The fourth-order valence-electron chi connectivity index (χ4n) is 2.30. The first kappa shape index (κ1) is 22.4. The second-order valence-corrected chi connectivity index (χ2v) is 6.20. The Morgan fingerprint density at radius 2 is 1.09 bits per heavy atom. The molecule has 0 spiro atoms. The predicted octanol–water partition coefficient (Wildman–Crippen LogP) is 6.81. The first-order valence-corrected chi connectivity index (χ1v) is 9.89. The van der Waals surface area contributed by atoms with Gasteiger partial charge in [-0.3, -0.25) is 0 Å². The van der Waals surface area contributed by atoms with Gasteiger partial charge in [0.25, 0.3) is 0 Å². The fraction of sp³-hybridized carbons (Fsp3) is 0.810. The van der Waals surface area contributed by atoms with Gasteiger partial charge in [0.05, 0.1) is 0 Å². The standard InChI is InChI=1S/C21H40O2/c1-3-5-7-9-11-12-13-14-16-18-20-23-21-22-19-17-15-10-8-6-4-2/h9,11-13H,3-8,10,14-21H2,1-2H3/b11-9-,13-12+. The zero-order valence-electron chi connectivity index (χ0n) is 15.7. The van der Waals surface area contributed by atoms with E-state index in [1.165, 1.54) is 64.2 Å². The van der Waals surface area contributed by atoms with E-state index in [1.54, 1.807) is 0 Å². The summed E-state index contributed by atoms with van der Waals surface area (Å²) < 4.78 is 11.0. The van der Waals surface area contributed by atoms with Crippen molar-refractivity contribution in [2.24, 2.45) is 0 Å². The summed E-state index contributed by atoms with van der Waals surface area (Å²) in [7, 11) is 0. The van der Waals surface area contributed by atoms with Crippen molar-refractivity contribution in [1.29, 1.82) is 0 Å². The average Bonchev–Trinajstić information content (AvgIpc) is 2.57. The minimum absolute atomic E-state index is 0.463. The van der Waals surface area contributed by atoms with Crippen molar-refractivity contribution in [2.75, 3.05) is 20.0 Å². The third-order valence-corrected chi connectivity index (χ3v) is 3.83. The monoisotopic (exact) mass is 324 g/mol. The molecule has 2 heteroatoms. The number of ether oxygens (including phenoxy) is 2. The molecule has 0 heterocycles. The van der Waals surface area contributed by atoms with Crippen LogP contribution >= 0.6 is 0 Å². The van der Waals surface area contributed by atoms with E-state index in [0.717, 1.165) is 26.1 Å². The molecule has 0 saturated carbocycles. The van der Waals surface area contributed by atoms with E-state index in [2.05, 4.69) is 38.2 Å². The zero-order valence-corrected chi connectivity index (χ0v) is 15.7. The van der Waals surface area contributed by atoms with E-state index >= 15 is 0 Å². The maximum atomic E-state index is 5.49. The lowest BCUT2D eigenvalue weighted by Gasteiger charge is -2.05. The van der Waals surface area contributed by atoms with Gasteiger partial charge in [0, 0.05) is 13.2 Å². The molecule has 0 aromatic rings. The van der Waals surface area contributed by atoms with Gasteiger partial charge in [-0.1, -0.05) is 83.1 Å². The molecule has 0 N–H and O–H groups in total. The molecule has 0 unspecified atom stereocenters. The smallest absolute Gasteiger partial charge is 0.146 e. The highest BCUT2D eigenvalue weighted by atomic mass is 16.7. The quantitative estimate of drug-likeness (QED) is 0.157. The van der Waals surface area contributed by atoms with Crippen molar-refractivity contribution < 1.29 is 9.47 Å². The van der Waals surface area contributed by atoms with Gasteiger partial charge in [0.1, 0.15) is 6.79 Å². The van der Waals surface area contributed by atoms with Crippen LogP contribution in [0.5, 0.6) is 0 Å². The molecule has 0 saturated heterocycles.